The number of nitro benzene ring substituents is 1. The zero-order valence-corrected chi connectivity index (χ0v) is 10.5. The summed E-state index contributed by atoms with van der Waals surface area (Å²) in [6, 6.07) is 5.83. The molecule has 0 heterocycles. The minimum atomic E-state index is -0.499. The molecule has 5 nitrogen and oxygen atoms in total. The van der Waals surface area contributed by atoms with Gasteiger partial charge in [-0.25, -0.2) is 4.79 Å². The molecule has 0 amide bonds. The lowest BCUT2D eigenvalue weighted by atomic mass is 10.2. The van der Waals surface area contributed by atoms with Crippen molar-refractivity contribution in [3.8, 4) is 0 Å². The van der Waals surface area contributed by atoms with E-state index in [1.54, 1.807) is 19.1 Å². The van der Waals surface area contributed by atoms with Crippen LogP contribution >= 0.6 is 11.6 Å². The summed E-state index contributed by atoms with van der Waals surface area (Å²) in [5.74, 6) is -0.499. The molecule has 1 aromatic rings. The molecule has 96 valence electrons. The van der Waals surface area contributed by atoms with Gasteiger partial charge in [-0.05, 0) is 30.7 Å². The molecule has 0 bridgehead atoms. The monoisotopic (exact) mass is 269 g/mol. The Bertz CT molecular complexity index is 454. The van der Waals surface area contributed by atoms with Gasteiger partial charge in [-0.2, -0.15) is 0 Å². The molecule has 0 saturated carbocycles. The molecule has 0 aliphatic heterocycles. The van der Waals surface area contributed by atoms with Gasteiger partial charge in [-0.15, -0.1) is 11.6 Å². The fourth-order valence-electron chi connectivity index (χ4n) is 1.12. The first-order valence-electron chi connectivity index (χ1n) is 5.22. The molecule has 0 spiro atoms. The molecule has 0 unspecified atom stereocenters. The zero-order valence-electron chi connectivity index (χ0n) is 9.71. The Balaban J connectivity index is 2.56. The molecule has 0 radical (unpaired) electrons. The SMILES string of the molecule is C[C@H](Cl)COC(=O)/C=C/c1ccc([N+](=O)[O-])cc1. The molecular weight excluding hydrogens is 258 g/mol. The summed E-state index contributed by atoms with van der Waals surface area (Å²) < 4.78 is 4.82. The summed E-state index contributed by atoms with van der Waals surface area (Å²) >= 11 is 5.62. The Morgan fingerprint density at radius 3 is 2.61 bits per heavy atom. The number of halogens is 1. The Kier molecular flexibility index (Phi) is 5.32. The lowest BCUT2D eigenvalue weighted by Gasteiger charge is -2.02. The number of benzene rings is 1. The fourth-order valence-corrected chi connectivity index (χ4v) is 1.18. The Labute approximate surface area is 109 Å². The fraction of sp³-hybridized carbons (Fsp3) is 0.250. The molecule has 6 heteroatoms. The van der Waals surface area contributed by atoms with Crippen molar-refractivity contribution in [2.24, 2.45) is 0 Å². The second kappa shape index (κ2) is 6.76. The molecule has 0 aliphatic carbocycles. The van der Waals surface area contributed by atoms with E-state index in [0.717, 1.165) is 0 Å². The molecule has 1 atom stereocenters. The van der Waals surface area contributed by atoms with E-state index < -0.39 is 10.9 Å². The number of nitrogens with zero attached hydrogens (tertiary/aromatic N) is 1. The lowest BCUT2D eigenvalue weighted by Crippen LogP contribution is -2.09. The van der Waals surface area contributed by atoms with Crippen LogP contribution in [0.1, 0.15) is 12.5 Å². The van der Waals surface area contributed by atoms with Crippen LogP contribution in [0.2, 0.25) is 0 Å². The maximum Gasteiger partial charge on any atom is 0.330 e. The molecule has 18 heavy (non-hydrogen) atoms. The first-order chi connectivity index (χ1) is 8.49. The van der Waals surface area contributed by atoms with Gasteiger partial charge in [-0.3, -0.25) is 10.1 Å². The van der Waals surface area contributed by atoms with Gasteiger partial charge < -0.3 is 4.74 Å². The molecule has 0 N–H and O–H groups in total. The summed E-state index contributed by atoms with van der Waals surface area (Å²) in [6.07, 6.45) is 2.77. The second-order valence-electron chi connectivity index (χ2n) is 3.59. The van der Waals surface area contributed by atoms with Crippen molar-refractivity contribution >= 4 is 29.3 Å². The van der Waals surface area contributed by atoms with Crippen LogP contribution in [0.25, 0.3) is 6.08 Å². The quantitative estimate of drug-likeness (QED) is 0.271. The minimum Gasteiger partial charge on any atom is -0.461 e. The average Bonchev–Trinajstić information content (AvgIpc) is 2.34. The largest absolute Gasteiger partial charge is 0.461 e. The van der Waals surface area contributed by atoms with E-state index in [2.05, 4.69) is 0 Å². The topological polar surface area (TPSA) is 69.4 Å². The third-order valence-electron chi connectivity index (χ3n) is 1.97. The molecule has 0 aliphatic rings. The van der Waals surface area contributed by atoms with Crippen LogP contribution in [-0.4, -0.2) is 22.9 Å². The van der Waals surface area contributed by atoms with E-state index in [4.69, 9.17) is 16.3 Å². The van der Waals surface area contributed by atoms with Crippen LogP contribution in [0.3, 0.4) is 0 Å². The first kappa shape index (κ1) is 14.2. The molecule has 1 aromatic carbocycles. The summed E-state index contributed by atoms with van der Waals surface area (Å²) in [5.41, 5.74) is 0.683. The zero-order chi connectivity index (χ0) is 13.5. The van der Waals surface area contributed by atoms with Crippen LogP contribution < -0.4 is 0 Å². The van der Waals surface area contributed by atoms with Gasteiger partial charge in [0.1, 0.15) is 6.61 Å². The van der Waals surface area contributed by atoms with Crippen LogP contribution in [0.4, 0.5) is 5.69 Å². The number of hydrogen-bond acceptors (Lipinski definition) is 4. The van der Waals surface area contributed by atoms with E-state index in [9.17, 15) is 14.9 Å². The molecule has 0 saturated heterocycles. The number of carbonyl (C=O) groups excluding carboxylic acids is 1. The van der Waals surface area contributed by atoms with Gasteiger partial charge in [0.05, 0.1) is 10.3 Å². The number of alkyl halides is 1. The van der Waals surface area contributed by atoms with E-state index in [0.29, 0.717) is 5.56 Å². The first-order valence-corrected chi connectivity index (χ1v) is 5.66. The summed E-state index contributed by atoms with van der Waals surface area (Å²) in [7, 11) is 0. The average molecular weight is 270 g/mol. The summed E-state index contributed by atoms with van der Waals surface area (Å²) in [6.45, 7) is 1.86. The smallest absolute Gasteiger partial charge is 0.330 e. The highest BCUT2D eigenvalue weighted by atomic mass is 35.5. The van der Waals surface area contributed by atoms with E-state index in [-0.39, 0.29) is 17.7 Å². The number of esters is 1. The standard InChI is InChI=1S/C12H12ClNO4/c1-9(13)8-18-12(15)7-4-10-2-5-11(6-3-10)14(16)17/h2-7,9H,8H2,1H3/b7-4+/t9-/m0/s1. The number of non-ortho nitro benzene ring substituents is 1. The highest BCUT2D eigenvalue weighted by Crippen LogP contribution is 2.12. The minimum absolute atomic E-state index is 0.00527. The maximum absolute atomic E-state index is 11.2. The van der Waals surface area contributed by atoms with Crippen LogP contribution in [0.15, 0.2) is 30.3 Å². The van der Waals surface area contributed by atoms with Gasteiger partial charge in [0, 0.05) is 18.2 Å². The van der Waals surface area contributed by atoms with E-state index in [1.807, 2.05) is 0 Å². The predicted octanol–water partition coefficient (Wildman–Crippen LogP) is 2.78. The number of carbonyl (C=O) groups is 1. The van der Waals surface area contributed by atoms with Gasteiger partial charge in [0.25, 0.3) is 5.69 Å². The lowest BCUT2D eigenvalue weighted by molar-refractivity contribution is -0.384. The van der Waals surface area contributed by atoms with Crippen molar-refractivity contribution in [1.29, 1.82) is 0 Å². The Morgan fingerprint density at radius 2 is 2.11 bits per heavy atom. The van der Waals surface area contributed by atoms with Crippen LogP contribution in [0, 0.1) is 10.1 Å². The van der Waals surface area contributed by atoms with Gasteiger partial charge in [0.15, 0.2) is 0 Å². The highest BCUT2D eigenvalue weighted by molar-refractivity contribution is 6.20. The highest BCUT2D eigenvalue weighted by Gasteiger charge is 2.03. The van der Waals surface area contributed by atoms with Crippen molar-refractivity contribution in [2.75, 3.05) is 6.61 Å². The number of ether oxygens (including phenoxy) is 1. The molecule has 1 rings (SSSR count). The predicted molar refractivity (Wildman–Crippen MR) is 68.4 cm³/mol. The van der Waals surface area contributed by atoms with Crippen LogP contribution in [0.5, 0.6) is 0 Å². The van der Waals surface area contributed by atoms with E-state index in [1.165, 1.54) is 24.3 Å². The maximum atomic E-state index is 11.2. The number of nitro groups is 1. The van der Waals surface area contributed by atoms with Crippen LogP contribution in [-0.2, 0) is 9.53 Å². The normalized spacial score (nSPS) is 12.3. The number of rotatable bonds is 5. The summed E-state index contributed by atoms with van der Waals surface area (Å²) in [5, 5.41) is 10.2. The number of hydrogen-bond donors (Lipinski definition) is 0. The van der Waals surface area contributed by atoms with Crippen molar-refractivity contribution in [3.05, 3.63) is 46.0 Å². The van der Waals surface area contributed by atoms with Crippen molar-refractivity contribution in [3.63, 3.8) is 0 Å². The van der Waals surface area contributed by atoms with Gasteiger partial charge in [0.2, 0.25) is 0 Å². The van der Waals surface area contributed by atoms with E-state index >= 15 is 0 Å². The van der Waals surface area contributed by atoms with Crippen molar-refractivity contribution in [1.82, 2.24) is 0 Å². The van der Waals surface area contributed by atoms with Gasteiger partial charge >= 0.3 is 5.97 Å². The molecule has 0 fully saturated rings. The van der Waals surface area contributed by atoms with Crippen molar-refractivity contribution in [2.45, 2.75) is 12.3 Å². The summed E-state index contributed by atoms with van der Waals surface area (Å²) in [4.78, 5) is 21.2. The van der Waals surface area contributed by atoms with Crippen molar-refractivity contribution < 1.29 is 14.5 Å². The third-order valence-corrected chi connectivity index (χ3v) is 2.10. The molecular formula is C12H12ClNO4. The van der Waals surface area contributed by atoms with Gasteiger partial charge in [-0.1, -0.05) is 0 Å². The molecule has 0 aromatic heterocycles. The Morgan fingerprint density at radius 1 is 1.50 bits per heavy atom. The Hall–Kier alpha value is -1.88. The second-order valence-corrected chi connectivity index (χ2v) is 4.34. The third kappa shape index (κ3) is 4.97.